The number of carbonyl (C=O) groups is 2. The van der Waals surface area contributed by atoms with E-state index in [1.807, 2.05) is 0 Å². The first-order chi connectivity index (χ1) is 9.49. The number of nitrogens with zero attached hydrogens (tertiary/aromatic N) is 5. The van der Waals surface area contributed by atoms with Crippen molar-refractivity contribution in [2.24, 2.45) is 7.05 Å². The van der Waals surface area contributed by atoms with Gasteiger partial charge in [0.25, 0.3) is 11.8 Å². The van der Waals surface area contributed by atoms with Gasteiger partial charge in [0.05, 0.1) is 0 Å². The third-order valence-corrected chi connectivity index (χ3v) is 2.65. The summed E-state index contributed by atoms with van der Waals surface area (Å²) in [5.74, 6) is -0.204. The molecule has 0 fully saturated rings. The Bertz CT molecular complexity index is 632. The summed E-state index contributed by atoms with van der Waals surface area (Å²) in [6.07, 6.45) is 0. The number of rotatable bonds is 3. The van der Waals surface area contributed by atoms with E-state index in [-0.39, 0.29) is 17.8 Å². The lowest BCUT2D eigenvalue weighted by molar-refractivity contribution is 0.0827. The van der Waals surface area contributed by atoms with E-state index in [2.05, 4.69) is 20.8 Å². The van der Waals surface area contributed by atoms with Gasteiger partial charge in [-0.2, -0.15) is 0 Å². The topological polar surface area (TPSA) is 93.0 Å². The molecular weight excluding hydrogens is 260 g/mol. The van der Waals surface area contributed by atoms with E-state index in [4.69, 9.17) is 0 Å². The highest BCUT2D eigenvalue weighted by Gasteiger charge is 2.12. The van der Waals surface area contributed by atoms with Crippen molar-refractivity contribution in [3.63, 3.8) is 0 Å². The first-order valence-electron chi connectivity index (χ1n) is 5.84. The highest BCUT2D eigenvalue weighted by atomic mass is 16.2. The minimum atomic E-state index is -0.341. The maximum absolute atomic E-state index is 12.0. The molecule has 1 heterocycles. The smallest absolute Gasteiger partial charge is 0.258 e. The number of anilines is 1. The van der Waals surface area contributed by atoms with Crippen LogP contribution in [0.25, 0.3) is 0 Å². The van der Waals surface area contributed by atoms with Crippen molar-refractivity contribution in [1.82, 2.24) is 25.1 Å². The second-order valence-electron chi connectivity index (χ2n) is 4.36. The summed E-state index contributed by atoms with van der Waals surface area (Å²) >= 11 is 0. The quantitative estimate of drug-likeness (QED) is 0.860. The molecule has 8 heteroatoms. The lowest BCUT2D eigenvalue weighted by Gasteiger charge is -2.10. The van der Waals surface area contributed by atoms with E-state index in [0.717, 1.165) is 0 Å². The molecule has 1 aromatic heterocycles. The number of aryl methyl sites for hydroxylation is 1. The molecule has 0 radical (unpaired) electrons. The van der Waals surface area contributed by atoms with Crippen LogP contribution >= 0.6 is 0 Å². The second-order valence-corrected chi connectivity index (χ2v) is 4.36. The molecule has 0 spiro atoms. The minimum Gasteiger partial charge on any atom is -0.345 e. The van der Waals surface area contributed by atoms with E-state index in [0.29, 0.717) is 11.1 Å². The second kappa shape index (κ2) is 5.47. The molecule has 2 rings (SSSR count). The number of benzene rings is 1. The van der Waals surface area contributed by atoms with Gasteiger partial charge >= 0.3 is 0 Å². The molecule has 0 saturated heterocycles. The first-order valence-corrected chi connectivity index (χ1v) is 5.84. The predicted octanol–water partition coefficient (Wildman–Crippen LogP) is 0.164. The third kappa shape index (κ3) is 2.79. The molecular formula is C12H14N6O2. The minimum absolute atomic E-state index is 0.116. The Morgan fingerprint density at radius 2 is 1.75 bits per heavy atom. The van der Waals surface area contributed by atoms with Crippen LogP contribution < -0.4 is 5.32 Å². The van der Waals surface area contributed by atoms with Crippen molar-refractivity contribution in [2.45, 2.75) is 0 Å². The molecule has 0 aliphatic heterocycles. The summed E-state index contributed by atoms with van der Waals surface area (Å²) in [5.41, 5.74) is 0.940. The van der Waals surface area contributed by atoms with E-state index in [1.165, 1.54) is 9.58 Å². The Labute approximate surface area is 115 Å². The zero-order valence-electron chi connectivity index (χ0n) is 11.4. The lowest BCUT2D eigenvalue weighted by Crippen LogP contribution is -2.22. The molecule has 1 aromatic carbocycles. The third-order valence-electron chi connectivity index (χ3n) is 2.65. The zero-order chi connectivity index (χ0) is 14.7. The predicted molar refractivity (Wildman–Crippen MR) is 71.2 cm³/mol. The van der Waals surface area contributed by atoms with Crippen LogP contribution in [0.15, 0.2) is 24.3 Å². The summed E-state index contributed by atoms with van der Waals surface area (Å²) < 4.78 is 1.35. The number of amides is 2. The van der Waals surface area contributed by atoms with Crippen LogP contribution in [0.5, 0.6) is 0 Å². The molecule has 0 unspecified atom stereocenters. The fourth-order valence-electron chi connectivity index (χ4n) is 1.53. The Morgan fingerprint density at radius 1 is 1.15 bits per heavy atom. The van der Waals surface area contributed by atoms with Gasteiger partial charge in [0, 0.05) is 32.3 Å². The van der Waals surface area contributed by atoms with Crippen molar-refractivity contribution < 1.29 is 9.59 Å². The Balaban J connectivity index is 2.12. The number of hydrogen-bond acceptors (Lipinski definition) is 5. The van der Waals surface area contributed by atoms with Gasteiger partial charge in [0.2, 0.25) is 5.95 Å². The lowest BCUT2D eigenvalue weighted by atomic mass is 10.1. The average Bonchev–Trinajstić information content (AvgIpc) is 2.83. The summed E-state index contributed by atoms with van der Waals surface area (Å²) in [5, 5.41) is 13.3. The fourth-order valence-corrected chi connectivity index (χ4v) is 1.53. The van der Waals surface area contributed by atoms with Crippen LogP contribution in [0.4, 0.5) is 5.95 Å². The number of aromatic nitrogens is 4. The summed E-state index contributed by atoms with van der Waals surface area (Å²) in [6, 6.07) is 6.37. The van der Waals surface area contributed by atoms with Crippen LogP contribution in [-0.2, 0) is 7.05 Å². The molecule has 0 aliphatic rings. The maximum Gasteiger partial charge on any atom is 0.258 e. The summed E-state index contributed by atoms with van der Waals surface area (Å²) in [6.45, 7) is 0. The van der Waals surface area contributed by atoms with Gasteiger partial charge in [-0.1, -0.05) is 5.10 Å². The van der Waals surface area contributed by atoms with Crippen molar-refractivity contribution in [1.29, 1.82) is 0 Å². The largest absolute Gasteiger partial charge is 0.345 e. The first kappa shape index (κ1) is 13.7. The highest BCUT2D eigenvalue weighted by Crippen LogP contribution is 2.08. The van der Waals surface area contributed by atoms with E-state index in [9.17, 15) is 9.59 Å². The SMILES string of the molecule is CN(C)C(=O)c1ccc(C(=O)Nc2nnnn2C)cc1. The van der Waals surface area contributed by atoms with Gasteiger partial charge in [-0.15, -0.1) is 0 Å². The fraction of sp³-hybridized carbons (Fsp3) is 0.250. The number of tetrazole rings is 1. The number of hydrogen-bond donors (Lipinski definition) is 1. The average molecular weight is 274 g/mol. The molecule has 2 aromatic rings. The van der Waals surface area contributed by atoms with Crippen LogP contribution in [0, 0.1) is 0 Å². The van der Waals surface area contributed by atoms with E-state index in [1.54, 1.807) is 45.4 Å². The summed E-state index contributed by atoms with van der Waals surface area (Å²) in [7, 11) is 4.96. The van der Waals surface area contributed by atoms with Gasteiger partial charge in [0.1, 0.15) is 0 Å². The molecule has 1 N–H and O–H groups in total. The maximum atomic E-state index is 12.0. The molecule has 0 saturated carbocycles. The van der Waals surface area contributed by atoms with Gasteiger partial charge in [-0.05, 0) is 34.7 Å². The van der Waals surface area contributed by atoms with Crippen LogP contribution in [0.1, 0.15) is 20.7 Å². The molecule has 2 amide bonds. The summed E-state index contributed by atoms with van der Waals surface area (Å²) in [4.78, 5) is 25.2. The van der Waals surface area contributed by atoms with Crippen molar-refractivity contribution in [2.75, 3.05) is 19.4 Å². The molecule has 0 bridgehead atoms. The van der Waals surface area contributed by atoms with Gasteiger partial charge in [-0.25, -0.2) is 4.68 Å². The Morgan fingerprint density at radius 3 is 2.25 bits per heavy atom. The van der Waals surface area contributed by atoms with Gasteiger partial charge in [0.15, 0.2) is 0 Å². The molecule has 0 aliphatic carbocycles. The Hall–Kier alpha value is -2.77. The monoisotopic (exact) mass is 274 g/mol. The zero-order valence-corrected chi connectivity index (χ0v) is 11.4. The Kier molecular flexibility index (Phi) is 3.74. The van der Waals surface area contributed by atoms with E-state index < -0.39 is 0 Å². The standard InChI is InChI=1S/C12H14N6O2/c1-17(2)11(20)9-6-4-8(5-7-9)10(19)13-12-14-15-16-18(12)3/h4-7H,1-3H3,(H,13,14,16,19). The number of carbonyl (C=O) groups excluding carboxylic acids is 2. The van der Waals surface area contributed by atoms with Gasteiger partial charge < -0.3 is 4.90 Å². The van der Waals surface area contributed by atoms with Crippen LogP contribution in [0.2, 0.25) is 0 Å². The van der Waals surface area contributed by atoms with Crippen molar-refractivity contribution in [3.8, 4) is 0 Å². The van der Waals surface area contributed by atoms with Crippen molar-refractivity contribution in [3.05, 3.63) is 35.4 Å². The van der Waals surface area contributed by atoms with E-state index >= 15 is 0 Å². The molecule has 104 valence electrons. The van der Waals surface area contributed by atoms with Crippen molar-refractivity contribution >= 4 is 17.8 Å². The molecule has 8 nitrogen and oxygen atoms in total. The molecule has 0 atom stereocenters. The van der Waals surface area contributed by atoms with Gasteiger partial charge in [-0.3, -0.25) is 14.9 Å². The highest BCUT2D eigenvalue weighted by molar-refractivity contribution is 6.04. The molecule has 20 heavy (non-hydrogen) atoms. The van der Waals surface area contributed by atoms with Crippen LogP contribution in [0.3, 0.4) is 0 Å². The van der Waals surface area contributed by atoms with Crippen LogP contribution in [-0.4, -0.2) is 51.0 Å². The normalized spacial score (nSPS) is 10.2. The number of nitrogens with one attached hydrogen (secondary N) is 1.